The van der Waals surface area contributed by atoms with Gasteiger partial charge in [0.15, 0.2) is 0 Å². The van der Waals surface area contributed by atoms with E-state index in [0.29, 0.717) is 12.0 Å². The number of halogens is 1. The van der Waals surface area contributed by atoms with Crippen LogP contribution in [0.1, 0.15) is 19.4 Å². The fourth-order valence-electron chi connectivity index (χ4n) is 2.62. The monoisotopic (exact) mass is 250 g/mol. The van der Waals surface area contributed by atoms with Crippen LogP contribution in [0, 0.1) is 11.7 Å². The van der Waals surface area contributed by atoms with Gasteiger partial charge in [-0.25, -0.2) is 4.39 Å². The molecule has 0 radical (unpaired) electrons. The first kappa shape index (κ1) is 13.5. The Labute approximate surface area is 109 Å². The predicted octanol–water partition coefficient (Wildman–Crippen LogP) is 2.30. The molecule has 100 valence electrons. The molecule has 0 aliphatic carbocycles. The van der Waals surface area contributed by atoms with Crippen molar-refractivity contribution in [1.29, 1.82) is 0 Å². The number of rotatable bonds is 3. The van der Waals surface area contributed by atoms with Crippen LogP contribution in [0.4, 0.5) is 4.39 Å². The topological polar surface area (TPSA) is 15.3 Å². The second kappa shape index (κ2) is 6.30. The van der Waals surface area contributed by atoms with E-state index in [9.17, 15) is 4.39 Å². The van der Waals surface area contributed by atoms with Gasteiger partial charge < -0.3 is 5.32 Å². The molecule has 1 saturated heterocycles. The zero-order valence-electron chi connectivity index (χ0n) is 11.3. The van der Waals surface area contributed by atoms with Crippen LogP contribution in [0.25, 0.3) is 0 Å². The highest BCUT2D eigenvalue weighted by atomic mass is 19.1. The second-order valence-corrected chi connectivity index (χ2v) is 5.48. The lowest BCUT2D eigenvalue weighted by Gasteiger charge is -2.29. The van der Waals surface area contributed by atoms with Crippen molar-refractivity contribution in [2.75, 3.05) is 26.2 Å². The third-order valence-electron chi connectivity index (χ3n) is 3.68. The number of hydrogen-bond donors (Lipinski definition) is 1. The lowest BCUT2D eigenvalue weighted by Crippen LogP contribution is -2.38. The van der Waals surface area contributed by atoms with E-state index in [1.165, 1.54) is 5.56 Å². The summed E-state index contributed by atoms with van der Waals surface area (Å²) in [6.45, 7) is 8.98. The molecule has 1 aliphatic heterocycles. The molecule has 0 amide bonds. The molecule has 2 atom stereocenters. The maximum Gasteiger partial charge on any atom is 0.123 e. The van der Waals surface area contributed by atoms with Gasteiger partial charge in [0.1, 0.15) is 5.82 Å². The van der Waals surface area contributed by atoms with Gasteiger partial charge in [-0.2, -0.15) is 0 Å². The summed E-state index contributed by atoms with van der Waals surface area (Å²) >= 11 is 0. The summed E-state index contributed by atoms with van der Waals surface area (Å²) in [5.74, 6) is 0.544. The molecule has 0 saturated carbocycles. The van der Waals surface area contributed by atoms with Gasteiger partial charge in [0.25, 0.3) is 0 Å². The molecule has 2 rings (SSSR count). The second-order valence-electron chi connectivity index (χ2n) is 5.48. The highest BCUT2D eigenvalue weighted by molar-refractivity contribution is 5.17. The van der Waals surface area contributed by atoms with Crippen molar-refractivity contribution >= 4 is 0 Å². The zero-order chi connectivity index (χ0) is 13.0. The van der Waals surface area contributed by atoms with Crippen molar-refractivity contribution in [3.63, 3.8) is 0 Å². The van der Waals surface area contributed by atoms with E-state index in [0.717, 1.165) is 32.6 Å². The van der Waals surface area contributed by atoms with Crippen molar-refractivity contribution in [2.45, 2.75) is 26.3 Å². The molecular weight excluding hydrogens is 227 g/mol. The number of hydrogen-bond acceptors (Lipinski definition) is 2. The highest BCUT2D eigenvalue weighted by Gasteiger charge is 2.19. The molecule has 1 aromatic rings. The molecule has 1 fully saturated rings. The number of nitrogens with one attached hydrogen (secondary N) is 1. The van der Waals surface area contributed by atoms with Crippen molar-refractivity contribution in [1.82, 2.24) is 10.2 Å². The summed E-state index contributed by atoms with van der Waals surface area (Å²) in [7, 11) is 0. The summed E-state index contributed by atoms with van der Waals surface area (Å²) in [6.07, 6.45) is 0.993. The largest absolute Gasteiger partial charge is 0.315 e. The third-order valence-corrected chi connectivity index (χ3v) is 3.68. The first-order valence-corrected chi connectivity index (χ1v) is 6.84. The van der Waals surface area contributed by atoms with Crippen LogP contribution in [0.5, 0.6) is 0 Å². The summed E-state index contributed by atoms with van der Waals surface area (Å²) < 4.78 is 12.9. The molecule has 1 aliphatic rings. The van der Waals surface area contributed by atoms with Gasteiger partial charge in [-0.3, -0.25) is 4.90 Å². The average Bonchev–Trinajstić information content (AvgIpc) is 2.57. The van der Waals surface area contributed by atoms with Gasteiger partial charge >= 0.3 is 0 Å². The summed E-state index contributed by atoms with van der Waals surface area (Å²) in [5, 5.41) is 3.46. The molecule has 18 heavy (non-hydrogen) atoms. The maximum absolute atomic E-state index is 12.9. The van der Waals surface area contributed by atoms with Crippen molar-refractivity contribution in [3.05, 3.63) is 35.6 Å². The Balaban J connectivity index is 1.93. The predicted molar refractivity (Wildman–Crippen MR) is 73.2 cm³/mol. The van der Waals surface area contributed by atoms with Gasteiger partial charge in [0.05, 0.1) is 0 Å². The minimum atomic E-state index is -0.154. The molecule has 0 bridgehead atoms. The maximum atomic E-state index is 12.9. The fourth-order valence-corrected chi connectivity index (χ4v) is 2.62. The highest BCUT2D eigenvalue weighted by Crippen LogP contribution is 2.12. The quantitative estimate of drug-likeness (QED) is 0.885. The minimum Gasteiger partial charge on any atom is -0.315 e. The molecule has 2 unspecified atom stereocenters. The molecule has 1 heterocycles. The van der Waals surface area contributed by atoms with Gasteiger partial charge in [-0.15, -0.1) is 0 Å². The van der Waals surface area contributed by atoms with Crippen LogP contribution in [0.3, 0.4) is 0 Å². The van der Waals surface area contributed by atoms with Gasteiger partial charge in [0, 0.05) is 25.7 Å². The Morgan fingerprint density at radius 1 is 1.39 bits per heavy atom. The van der Waals surface area contributed by atoms with Crippen molar-refractivity contribution in [2.24, 2.45) is 5.92 Å². The van der Waals surface area contributed by atoms with Gasteiger partial charge in [0.2, 0.25) is 0 Å². The minimum absolute atomic E-state index is 0.154. The Hall–Kier alpha value is -0.930. The SMILES string of the molecule is CC1CNCCN(C(C)Cc2ccc(F)cc2)C1. The molecule has 2 nitrogen and oxygen atoms in total. The van der Waals surface area contributed by atoms with Crippen LogP contribution in [-0.2, 0) is 6.42 Å². The van der Waals surface area contributed by atoms with E-state index in [1.807, 2.05) is 12.1 Å². The van der Waals surface area contributed by atoms with Crippen molar-refractivity contribution in [3.8, 4) is 0 Å². The van der Waals surface area contributed by atoms with E-state index >= 15 is 0 Å². The van der Waals surface area contributed by atoms with E-state index < -0.39 is 0 Å². The first-order valence-electron chi connectivity index (χ1n) is 6.84. The Morgan fingerprint density at radius 2 is 2.11 bits per heavy atom. The molecule has 1 N–H and O–H groups in total. The Kier molecular flexibility index (Phi) is 4.72. The summed E-state index contributed by atoms with van der Waals surface area (Å²) in [4.78, 5) is 2.54. The first-order chi connectivity index (χ1) is 8.65. The molecule has 1 aromatic carbocycles. The number of nitrogens with zero attached hydrogens (tertiary/aromatic N) is 1. The number of benzene rings is 1. The lowest BCUT2D eigenvalue weighted by molar-refractivity contribution is 0.201. The fraction of sp³-hybridized carbons (Fsp3) is 0.600. The van der Waals surface area contributed by atoms with Crippen LogP contribution in [0.15, 0.2) is 24.3 Å². The average molecular weight is 250 g/mol. The van der Waals surface area contributed by atoms with Crippen LogP contribution < -0.4 is 5.32 Å². The van der Waals surface area contributed by atoms with Crippen LogP contribution in [0.2, 0.25) is 0 Å². The molecule has 0 aromatic heterocycles. The summed E-state index contributed by atoms with van der Waals surface area (Å²) in [6, 6.07) is 7.40. The van der Waals surface area contributed by atoms with E-state index in [4.69, 9.17) is 0 Å². The van der Waals surface area contributed by atoms with E-state index in [2.05, 4.69) is 24.1 Å². The Bertz CT molecular complexity index is 363. The summed E-state index contributed by atoms with van der Waals surface area (Å²) in [5.41, 5.74) is 1.22. The lowest BCUT2D eigenvalue weighted by atomic mass is 10.0. The van der Waals surface area contributed by atoms with Crippen LogP contribution >= 0.6 is 0 Å². The third kappa shape index (κ3) is 3.79. The van der Waals surface area contributed by atoms with Gasteiger partial charge in [-0.1, -0.05) is 19.1 Å². The Morgan fingerprint density at radius 3 is 2.83 bits per heavy atom. The standard InChI is InChI=1S/C15H23FN2/c1-12-10-17-7-8-18(11-12)13(2)9-14-3-5-15(16)6-4-14/h3-6,12-13,17H,7-11H2,1-2H3. The van der Waals surface area contributed by atoms with E-state index in [-0.39, 0.29) is 5.82 Å². The zero-order valence-corrected chi connectivity index (χ0v) is 11.3. The van der Waals surface area contributed by atoms with Gasteiger partial charge in [-0.05, 0) is 43.5 Å². The normalized spacial score (nSPS) is 23.6. The van der Waals surface area contributed by atoms with E-state index in [1.54, 1.807) is 12.1 Å². The van der Waals surface area contributed by atoms with Crippen molar-refractivity contribution < 1.29 is 4.39 Å². The molecule has 3 heteroatoms. The molecule has 0 spiro atoms. The molecular formula is C15H23FN2. The van der Waals surface area contributed by atoms with Crippen LogP contribution in [-0.4, -0.2) is 37.1 Å². The smallest absolute Gasteiger partial charge is 0.123 e.